The first kappa shape index (κ1) is 18.2. The Morgan fingerprint density at radius 2 is 1.56 bits per heavy atom. The third-order valence-corrected chi connectivity index (χ3v) is 3.21. The number of nitrogens with zero attached hydrogens (tertiary/aromatic N) is 1. The molecule has 8 heteroatoms. The highest BCUT2D eigenvalue weighted by Gasteiger charge is 2.30. The average molecular weight is 347 g/mol. The zero-order valence-corrected chi connectivity index (χ0v) is 14.0. The zero-order chi connectivity index (χ0) is 18.4. The molecule has 0 saturated heterocycles. The van der Waals surface area contributed by atoms with Crippen LogP contribution in [0.25, 0.3) is 11.3 Å². The van der Waals surface area contributed by atoms with Crippen molar-refractivity contribution in [1.29, 1.82) is 0 Å². The van der Waals surface area contributed by atoms with Gasteiger partial charge in [0.2, 0.25) is 0 Å². The second-order valence-corrected chi connectivity index (χ2v) is 4.75. The van der Waals surface area contributed by atoms with Gasteiger partial charge in [0.25, 0.3) is 5.76 Å². The van der Waals surface area contributed by atoms with Crippen molar-refractivity contribution in [2.24, 2.45) is 0 Å². The van der Waals surface area contributed by atoms with Crippen molar-refractivity contribution in [3.63, 3.8) is 0 Å². The predicted octanol–water partition coefficient (Wildman–Crippen LogP) is 2.48. The molecule has 1 heterocycles. The molecule has 2 rings (SSSR count). The quantitative estimate of drug-likeness (QED) is 0.580. The number of benzene rings is 1. The topological polar surface area (TPSA) is 105 Å². The van der Waals surface area contributed by atoms with Crippen LogP contribution < -0.4 is 0 Å². The number of hydrogen-bond donors (Lipinski definition) is 0. The minimum atomic E-state index is -0.810. The third-order valence-electron chi connectivity index (χ3n) is 3.21. The van der Waals surface area contributed by atoms with Crippen molar-refractivity contribution < 1.29 is 33.1 Å². The van der Waals surface area contributed by atoms with E-state index in [9.17, 15) is 14.4 Å². The second-order valence-electron chi connectivity index (χ2n) is 4.75. The van der Waals surface area contributed by atoms with Crippen LogP contribution in [-0.4, -0.2) is 43.4 Å². The van der Waals surface area contributed by atoms with Gasteiger partial charge in [-0.05, 0) is 26.0 Å². The van der Waals surface area contributed by atoms with E-state index in [0.29, 0.717) is 11.1 Å². The van der Waals surface area contributed by atoms with E-state index in [0.717, 1.165) is 0 Å². The van der Waals surface area contributed by atoms with Gasteiger partial charge < -0.3 is 18.7 Å². The highest BCUT2D eigenvalue weighted by atomic mass is 16.6. The van der Waals surface area contributed by atoms with Gasteiger partial charge in [-0.1, -0.05) is 17.3 Å². The van der Waals surface area contributed by atoms with E-state index in [2.05, 4.69) is 9.89 Å². The Balaban J connectivity index is 2.48. The average Bonchev–Trinajstić information content (AvgIpc) is 3.07. The van der Waals surface area contributed by atoms with E-state index < -0.39 is 17.9 Å². The smallest absolute Gasteiger partial charge is 0.378 e. The van der Waals surface area contributed by atoms with Gasteiger partial charge in [-0.3, -0.25) is 0 Å². The number of aromatic nitrogens is 1. The van der Waals surface area contributed by atoms with Crippen LogP contribution in [0.1, 0.15) is 45.1 Å². The van der Waals surface area contributed by atoms with Gasteiger partial charge in [-0.2, -0.15) is 0 Å². The molecule has 0 saturated carbocycles. The number of esters is 3. The van der Waals surface area contributed by atoms with Gasteiger partial charge in [-0.25, -0.2) is 14.4 Å². The van der Waals surface area contributed by atoms with Crippen LogP contribution in [0.15, 0.2) is 28.8 Å². The number of carbonyl (C=O) groups is 3. The summed E-state index contributed by atoms with van der Waals surface area (Å²) in [6.07, 6.45) is 0. The molecule has 0 spiro atoms. The molecule has 0 aliphatic carbocycles. The first-order chi connectivity index (χ1) is 12.0. The van der Waals surface area contributed by atoms with Crippen molar-refractivity contribution in [3.05, 3.63) is 41.2 Å². The Labute approximate surface area is 143 Å². The standard InChI is InChI=1S/C17H17NO7/c1-4-23-16(20)12-13(18-25-14(12)17(21)24-5-2)10-6-8-11(9-7-10)15(19)22-3/h6-9H,4-5H2,1-3H3. The lowest BCUT2D eigenvalue weighted by Crippen LogP contribution is -2.13. The number of carbonyl (C=O) groups excluding carboxylic acids is 3. The highest BCUT2D eigenvalue weighted by Crippen LogP contribution is 2.27. The van der Waals surface area contributed by atoms with Gasteiger partial charge in [0.05, 0.1) is 25.9 Å². The summed E-state index contributed by atoms with van der Waals surface area (Å²) < 4.78 is 19.5. The lowest BCUT2D eigenvalue weighted by molar-refractivity contribution is 0.0445. The van der Waals surface area contributed by atoms with Crippen molar-refractivity contribution in [3.8, 4) is 11.3 Å². The highest BCUT2D eigenvalue weighted by molar-refractivity contribution is 6.05. The minimum Gasteiger partial charge on any atom is -0.465 e. The van der Waals surface area contributed by atoms with Crippen molar-refractivity contribution in [1.82, 2.24) is 5.16 Å². The summed E-state index contributed by atoms with van der Waals surface area (Å²) in [5.41, 5.74) is 0.803. The molecule has 1 aromatic carbocycles. The van der Waals surface area contributed by atoms with Crippen LogP contribution in [0.3, 0.4) is 0 Å². The molecule has 25 heavy (non-hydrogen) atoms. The Hall–Kier alpha value is -3.16. The minimum absolute atomic E-state index is 0.116. The molecule has 0 N–H and O–H groups in total. The molecule has 0 aliphatic heterocycles. The summed E-state index contributed by atoms with van der Waals surface area (Å²) in [6.45, 7) is 3.50. The van der Waals surface area contributed by atoms with Crippen LogP contribution in [0, 0.1) is 0 Å². The fourth-order valence-corrected chi connectivity index (χ4v) is 2.10. The maximum absolute atomic E-state index is 12.2. The third kappa shape index (κ3) is 3.85. The molecule has 0 radical (unpaired) electrons. The van der Waals surface area contributed by atoms with Gasteiger partial charge in [-0.15, -0.1) is 0 Å². The van der Waals surface area contributed by atoms with E-state index in [-0.39, 0.29) is 30.2 Å². The summed E-state index contributed by atoms with van der Waals surface area (Å²) in [7, 11) is 1.28. The molecule has 0 unspecified atom stereocenters. The summed E-state index contributed by atoms with van der Waals surface area (Å²) in [5.74, 6) is -2.38. The number of ether oxygens (including phenoxy) is 3. The Morgan fingerprint density at radius 3 is 2.12 bits per heavy atom. The van der Waals surface area contributed by atoms with E-state index in [1.54, 1.807) is 26.0 Å². The van der Waals surface area contributed by atoms with E-state index in [1.165, 1.54) is 19.2 Å². The predicted molar refractivity (Wildman–Crippen MR) is 85.2 cm³/mol. The fraction of sp³-hybridized carbons (Fsp3) is 0.294. The normalized spacial score (nSPS) is 10.2. The molecule has 8 nitrogen and oxygen atoms in total. The lowest BCUT2D eigenvalue weighted by Gasteiger charge is -2.05. The van der Waals surface area contributed by atoms with Gasteiger partial charge in [0.1, 0.15) is 11.3 Å². The number of hydrogen-bond acceptors (Lipinski definition) is 8. The summed E-state index contributed by atoms with van der Waals surface area (Å²) in [5, 5.41) is 3.79. The maximum atomic E-state index is 12.2. The number of rotatable bonds is 6. The molecule has 1 aromatic heterocycles. The van der Waals surface area contributed by atoms with Crippen molar-refractivity contribution in [2.45, 2.75) is 13.8 Å². The summed E-state index contributed by atoms with van der Waals surface area (Å²) in [4.78, 5) is 35.7. The monoisotopic (exact) mass is 347 g/mol. The van der Waals surface area contributed by atoms with E-state index in [4.69, 9.17) is 14.0 Å². The Morgan fingerprint density at radius 1 is 0.960 bits per heavy atom. The van der Waals surface area contributed by atoms with E-state index >= 15 is 0 Å². The molecular weight excluding hydrogens is 330 g/mol. The maximum Gasteiger partial charge on any atom is 0.378 e. The SMILES string of the molecule is CCOC(=O)c1onc(-c2ccc(C(=O)OC)cc2)c1C(=O)OCC. The molecule has 132 valence electrons. The first-order valence-corrected chi connectivity index (χ1v) is 7.56. The van der Waals surface area contributed by atoms with E-state index in [1.807, 2.05) is 0 Å². The van der Waals surface area contributed by atoms with Crippen LogP contribution in [0.4, 0.5) is 0 Å². The molecule has 0 fully saturated rings. The Kier molecular flexibility index (Phi) is 5.89. The molecule has 0 aliphatic rings. The van der Waals surface area contributed by atoms with Gasteiger partial charge in [0.15, 0.2) is 0 Å². The second kappa shape index (κ2) is 8.09. The Bertz CT molecular complexity index is 777. The van der Waals surface area contributed by atoms with Crippen LogP contribution in [0.2, 0.25) is 0 Å². The lowest BCUT2D eigenvalue weighted by atomic mass is 10.0. The van der Waals surface area contributed by atoms with Crippen LogP contribution >= 0.6 is 0 Å². The number of methoxy groups -OCH3 is 1. The largest absolute Gasteiger partial charge is 0.465 e. The molecular formula is C17H17NO7. The molecule has 0 atom stereocenters. The van der Waals surface area contributed by atoms with Crippen molar-refractivity contribution in [2.75, 3.05) is 20.3 Å². The molecule has 2 aromatic rings. The van der Waals surface area contributed by atoms with Gasteiger partial charge >= 0.3 is 17.9 Å². The zero-order valence-electron chi connectivity index (χ0n) is 14.0. The van der Waals surface area contributed by atoms with Crippen LogP contribution in [-0.2, 0) is 14.2 Å². The summed E-state index contributed by atoms with van der Waals surface area (Å²) >= 11 is 0. The molecule has 0 bridgehead atoms. The van der Waals surface area contributed by atoms with Gasteiger partial charge in [0, 0.05) is 5.56 Å². The molecule has 0 amide bonds. The van der Waals surface area contributed by atoms with Crippen LogP contribution in [0.5, 0.6) is 0 Å². The fourth-order valence-electron chi connectivity index (χ4n) is 2.10. The summed E-state index contributed by atoms with van der Waals surface area (Å²) in [6, 6.07) is 6.13. The van der Waals surface area contributed by atoms with Crippen molar-refractivity contribution >= 4 is 17.9 Å². The first-order valence-electron chi connectivity index (χ1n) is 7.56.